The van der Waals surface area contributed by atoms with Gasteiger partial charge in [-0.2, -0.15) is 0 Å². The third-order valence-corrected chi connectivity index (χ3v) is 5.27. The fourth-order valence-electron chi connectivity index (χ4n) is 2.68. The Morgan fingerprint density at radius 3 is 2.63 bits per heavy atom. The molecule has 0 atom stereocenters. The van der Waals surface area contributed by atoms with Crippen LogP contribution in [0, 0.1) is 13.8 Å². The van der Waals surface area contributed by atoms with Crippen LogP contribution in [0.4, 0.5) is 5.69 Å². The molecule has 0 unspecified atom stereocenters. The number of aliphatic imine (C=N–C) groups is 1. The average Bonchev–Trinajstić information content (AvgIpc) is 2.97. The molecule has 1 aromatic heterocycles. The number of nitrogens with one attached hydrogen (secondary N) is 3. The Balaban J connectivity index is 0.00000450. The second kappa shape index (κ2) is 13.6. The van der Waals surface area contributed by atoms with Crippen molar-refractivity contribution in [2.24, 2.45) is 4.99 Å². The minimum Gasteiger partial charge on any atom is -0.357 e. The third-order valence-electron chi connectivity index (χ3n) is 4.14. The first-order valence-electron chi connectivity index (χ1n) is 9.86. The van der Waals surface area contributed by atoms with Crippen LogP contribution in [0.25, 0.3) is 0 Å². The van der Waals surface area contributed by atoms with Crippen molar-refractivity contribution in [1.29, 1.82) is 0 Å². The molecule has 1 aromatic carbocycles. The van der Waals surface area contributed by atoms with Crippen LogP contribution in [0.5, 0.6) is 0 Å². The average molecular weight is 545 g/mol. The highest BCUT2D eigenvalue weighted by Gasteiger charge is 2.06. The molecule has 1 amide bonds. The molecule has 9 heteroatoms. The minimum atomic E-state index is -0.0293. The van der Waals surface area contributed by atoms with Crippen LogP contribution in [-0.4, -0.2) is 55.5 Å². The second-order valence-corrected chi connectivity index (χ2v) is 8.40. The number of anilines is 1. The summed E-state index contributed by atoms with van der Waals surface area (Å²) in [5, 5.41) is 10.7. The van der Waals surface area contributed by atoms with Gasteiger partial charge in [0.1, 0.15) is 0 Å². The van der Waals surface area contributed by atoms with Gasteiger partial charge in [-0.3, -0.25) is 4.79 Å². The highest BCUT2D eigenvalue weighted by Crippen LogP contribution is 2.16. The summed E-state index contributed by atoms with van der Waals surface area (Å²) in [7, 11) is 3.74. The molecular formula is C21H33IN6OS. The first-order valence-corrected chi connectivity index (χ1v) is 10.7. The molecular weight excluding hydrogens is 511 g/mol. The highest BCUT2D eigenvalue weighted by atomic mass is 127. The van der Waals surface area contributed by atoms with E-state index in [4.69, 9.17) is 0 Å². The fourth-order valence-corrected chi connectivity index (χ4v) is 3.61. The van der Waals surface area contributed by atoms with Gasteiger partial charge in [0.15, 0.2) is 5.96 Å². The predicted octanol–water partition coefficient (Wildman–Crippen LogP) is 3.18. The van der Waals surface area contributed by atoms with E-state index in [1.54, 1.807) is 11.3 Å². The topological polar surface area (TPSA) is 81.7 Å². The van der Waals surface area contributed by atoms with Gasteiger partial charge < -0.3 is 20.9 Å². The molecule has 2 aromatic rings. The number of carbonyl (C=O) groups excluding carboxylic acids is 1. The summed E-state index contributed by atoms with van der Waals surface area (Å²) in [6.45, 7) is 8.65. The van der Waals surface area contributed by atoms with Crippen molar-refractivity contribution >= 4 is 52.9 Å². The molecule has 0 saturated heterocycles. The molecule has 7 nitrogen and oxygen atoms in total. The Bertz CT molecular complexity index is 817. The van der Waals surface area contributed by atoms with Crippen molar-refractivity contribution < 1.29 is 4.79 Å². The van der Waals surface area contributed by atoms with E-state index in [0.717, 1.165) is 47.4 Å². The smallest absolute Gasteiger partial charge is 0.238 e. The lowest BCUT2D eigenvalue weighted by atomic mass is 10.2. The Kier molecular flexibility index (Phi) is 11.9. The maximum Gasteiger partial charge on any atom is 0.238 e. The zero-order valence-corrected chi connectivity index (χ0v) is 21.6. The van der Waals surface area contributed by atoms with E-state index in [0.29, 0.717) is 13.1 Å². The third kappa shape index (κ3) is 9.40. The summed E-state index contributed by atoms with van der Waals surface area (Å²) in [5.74, 6) is 0.748. The van der Waals surface area contributed by atoms with Crippen molar-refractivity contribution in [3.63, 3.8) is 0 Å². The van der Waals surface area contributed by atoms with Crippen LogP contribution in [0.3, 0.4) is 0 Å². The number of nitrogens with zero attached hydrogens (tertiary/aromatic N) is 3. The van der Waals surface area contributed by atoms with Crippen molar-refractivity contribution in [2.75, 3.05) is 39.0 Å². The summed E-state index contributed by atoms with van der Waals surface area (Å²) in [5.41, 5.74) is 2.94. The van der Waals surface area contributed by atoms with Crippen LogP contribution >= 0.6 is 35.3 Å². The Morgan fingerprint density at radius 1 is 1.23 bits per heavy atom. The van der Waals surface area contributed by atoms with Gasteiger partial charge in [-0.1, -0.05) is 12.1 Å². The van der Waals surface area contributed by atoms with Crippen molar-refractivity contribution in [3.8, 4) is 0 Å². The van der Waals surface area contributed by atoms with Crippen molar-refractivity contribution in [2.45, 2.75) is 33.7 Å². The standard InChI is InChI=1S/C21H32N6OS.HI/c1-6-22-21(23-11-10-20-25-15(2)16(3)29-20)24-13-17-8-7-9-18(12-17)26-19(28)14-27(4)5;/h7-9,12H,6,10-11,13-14H2,1-5H3,(H,26,28)(H2,22,23,24);1H. The van der Waals surface area contributed by atoms with Crippen molar-refractivity contribution in [3.05, 3.63) is 45.4 Å². The van der Waals surface area contributed by atoms with Gasteiger partial charge in [0.25, 0.3) is 0 Å². The number of thiazole rings is 1. The summed E-state index contributed by atoms with van der Waals surface area (Å²) in [4.78, 5) is 24.3. The van der Waals surface area contributed by atoms with Crippen LogP contribution in [0.15, 0.2) is 29.3 Å². The van der Waals surface area contributed by atoms with Crippen molar-refractivity contribution in [1.82, 2.24) is 20.5 Å². The van der Waals surface area contributed by atoms with Gasteiger partial charge in [0.05, 0.1) is 23.8 Å². The van der Waals surface area contributed by atoms with E-state index < -0.39 is 0 Å². The molecule has 0 aliphatic heterocycles. The second-order valence-electron chi connectivity index (χ2n) is 7.11. The molecule has 30 heavy (non-hydrogen) atoms. The first kappa shape index (κ1) is 26.3. The molecule has 0 fully saturated rings. The molecule has 0 bridgehead atoms. The lowest BCUT2D eigenvalue weighted by molar-refractivity contribution is -0.116. The number of hydrogen-bond donors (Lipinski definition) is 3. The van der Waals surface area contributed by atoms with Gasteiger partial charge in [0, 0.05) is 30.1 Å². The lowest BCUT2D eigenvalue weighted by Crippen LogP contribution is -2.38. The number of halogens is 1. The number of benzene rings is 1. The number of guanidine groups is 1. The summed E-state index contributed by atoms with van der Waals surface area (Å²) in [6, 6.07) is 7.80. The van der Waals surface area contributed by atoms with Crippen LogP contribution in [0.1, 0.15) is 28.1 Å². The highest BCUT2D eigenvalue weighted by molar-refractivity contribution is 14.0. The quantitative estimate of drug-likeness (QED) is 0.257. The zero-order chi connectivity index (χ0) is 21.2. The summed E-state index contributed by atoms with van der Waals surface area (Å²) < 4.78 is 0. The maximum absolute atomic E-state index is 11.9. The molecule has 0 saturated carbocycles. The Hall–Kier alpha value is -1.72. The van der Waals surface area contributed by atoms with Gasteiger partial charge in [-0.25, -0.2) is 9.98 Å². The van der Waals surface area contributed by atoms with Crippen LogP contribution in [-0.2, 0) is 17.8 Å². The number of likely N-dealkylation sites (N-methyl/N-ethyl adjacent to an activating group) is 1. The van der Waals surface area contributed by atoms with Gasteiger partial charge in [-0.15, -0.1) is 35.3 Å². The normalized spacial score (nSPS) is 11.2. The fraction of sp³-hybridized carbons (Fsp3) is 0.476. The molecule has 0 spiro atoms. The Morgan fingerprint density at radius 2 is 2.00 bits per heavy atom. The van der Waals surface area contributed by atoms with E-state index in [-0.39, 0.29) is 29.9 Å². The molecule has 3 N–H and O–H groups in total. The van der Waals surface area contributed by atoms with Crippen LogP contribution in [0.2, 0.25) is 0 Å². The van der Waals surface area contributed by atoms with Gasteiger partial charge in [0.2, 0.25) is 5.91 Å². The minimum absolute atomic E-state index is 0. The monoisotopic (exact) mass is 544 g/mol. The van der Waals surface area contributed by atoms with E-state index in [9.17, 15) is 4.79 Å². The van der Waals surface area contributed by atoms with E-state index in [2.05, 4.69) is 32.9 Å². The SMILES string of the molecule is CCNC(=NCc1cccc(NC(=O)CN(C)C)c1)NCCc1nc(C)c(C)s1.I. The lowest BCUT2D eigenvalue weighted by Gasteiger charge is -2.12. The van der Waals surface area contributed by atoms with E-state index in [1.165, 1.54) is 4.88 Å². The number of carbonyl (C=O) groups is 1. The summed E-state index contributed by atoms with van der Waals surface area (Å²) >= 11 is 1.75. The number of hydrogen-bond acceptors (Lipinski definition) is 5. The molecule has 166 valence electrons. The molecule has 0 aliphatic carbocycles. The number of aryl methyl sites for hydroxylation is 2. The van der Waals surface area contributed by atoms with Gasteiger partial charge >= 0.3 is 0 Å². The molecule has 0 radical (unpaired) electrons. The predicted molar refractivity (Wildman–Crippen MR) is 137 cm³/mol. The van der Waals surface area contributed by atoms with E-state index in [1.807, 2.05) is 57.1 Å². The first-order chi connectivity index (χ1) is 13.9. The maximum atomic E-state index is 11.9. The summed E-state index contributed by atoms with van der Waals surface area (Å²) in [6.07, 6.45) is 0.872. The number of amides is 1. The Labute approximate surface area is 200 Å². The van der Waals surface area contributed by atoms with Crippen LogP contribution < -0.4 is 16.0 Å². The largest absolute Gasteiger partial charge is 0.357 e. The molecule has 1 heterocycles. The number of rotatable bonds is 9. The number of aromatic nitrogens is 1. The zero-order valence-electron chi connectivity index (χ0n) is 18.4. The molecule has 0 aliphatic rings. The molecule has 2 rings (SSSR count). The van der Waals surface area contributed by atoms with Gasteiger partial charge in [-0.05, 0) is 52.6 Å². The van der Waals surface area contributed by atoms with E-state index >= 15 is 0 Å².